The molecule has 0 saturated carbocycles. The second-order valence-electron chi connectivity index (χ2n) is 6.11. The fourth-order valence-electron chi connectivity index (χ4n) is 4.36. The van der Waals surface area contributed by atoms with Crippen LogP contribution in [0.2, 0.25) is 0 Å². The maximum Gasteiger partial charge on any atom is 0.246 e. The highest BCUT2D eigenvalue weighted by Gasteiger charge is 2.58. The fourth-order valence-corrected chi connectivity index (χ4v) is 6.37. The summed E-state index contributed by atoms with van der Waals surface area (Å²) in [6.07, 6.45) is 1.66. The molecule has 4 atom stereocenters. The Morgan fingerprint density at radius 3 is 2.29 bits per heavy atom. The summed E-state index contributed by atoms with van der Waals surface area (Å²) >= 11 is 0. The molecule has 1 N–H and O–H groups in total. The fraction of sp³-hybridized carbons (Fsp3) is 0.571. The van der Waals surface area contributed by atoms with Gasteiger partial charge >= 0.3 is 0 Å². The van der Waals surface area contributed by atoms with Crippen LogP contribution in [0.4, 0.5) is 8.78 Å². The highest BCUT2D eigenvalue weighted by Crippen LogP contribution is 2.49. The molecule has 0 aromatic heterocycles. The number of fused-ring (bicyclic) bond motifs is 5. The summed E-state index contributed by atoms with van der Waals surface area (Å²) in [7, 11) is -3.90. The summed E-state index contributed by atoms with van der Waals surface area (Å²) in [6, 6.07) is 2.56. The van der Waals surface area contributed by atoms with E-state index in [9.17, 15) is 17.2 Å². The van der Waals surface area contributed by atoms with E-state index in [4.69, 9.17) is 0 Å². The van der Waals surface area contributed by atoms with Crippen molar-refractivity contribution in [3.8, 4) is 0 Å². The minimum Gasteiger partial charge on any atom is -0.316 e. The normalized spacial score (nSPS) is 35.3. The zero-order valence-electron chi connectivity index (χ0n) is 11.3. The summed E-state index contributed by atoms with van der Waals surface area (Å²) in [5.74, 6) is -1.13. The van der Waals surface area contributed by atoms with Crippen LogP contribution in [-0.4, -0.2) is 37.9 Å². The molecule has 0 amide bonds. The summed E-state index contributed by atoms with van der Waals surface area (Å²) in [6.45, 7) is 1.65. The van der Waals surface area contributed by atoms with Crippen molar-refractivity contribution >= 4 is 10.0 Å². The van der Waals surface area contributed by atoms with Gasteiger partial charge in [-0.3, -0.25) is 0 Å². The average molecular weight is 314 g/mol. The molecule has 7 heteroatoms. The Labute approximate surface area is 122 Å². The lowest BCUT2D eigenvalue weighted by atomic mass is 9.82. The van der Waals surface area contributed by atoms with E-state index in [1.807, 2.05) is 0 Å². The maximum atomic E-state index is 13.9. The van der Waals surface area contributed by atoms with E-state index in [0.29, 0.717) is 17.9 Å². The number of nitrogens with zero attached hydrogens (tertiary/aromatic N) is 1. The van der Waals surface area contributed by atoms with Crippen molar-refractivity contribution in [1.82, 2.24) is 9.62 Å². The summed E-state index contributed by atoms with van der Waals surface area (Å²) < 4.78 is 54.0. The monoisotopic (exact) mass is 314 g/mol. The minimum absolute atomic E-state index is 0.0514. The van der Waals surface area contributed by atoms with Gasteiger partial charge < -0.3 is 5.32 Å². The molecular weight excluding hydrogens is 298 g/mol. The van der Waals surface area contributed by atoms with E-state index in [1.165, 1.54) is 4.31 Å². The molecule has 0 spiro atoms. The molecule has 3 aliphatic rings. The van der Waals surface area contributed by atoms with Crippen molar-refractivity contribution in [3.63, 3.8) is 0 Å². The summed E-state index contributed by atoms with van der Waals surface area (Å²) in [5.41, 5.74) is 0. The van der Waals surface area contributed by atoms with Gasteiger partial charge in [0.25, 0.3) is 0 Å². The average Bonchev–Trinajstić information content (AvgIpc) is 3.10. The Morgan fingerprint density at radius 2 is 1.71 bits per heavy atom. The molecule has 3 fully saturated rings. The van der Waals surface area contributed by atoms with E-state index in [2.05, 4.69) is 5.32 Å². The van der Waals surface area contributed by atoms with Crippen LogP contribution in [0.25, 0.3) is 0 Å². The van der Waals surface area contributed by atoms with E-state index in [1.54, 1.807) is 0 Å². The molecule has 0 aliphatic carbocycles. The summed E-state index contributed by atoms with van der Waals surface area (Å²) in [4.78, 5) is -0.409. The highest BCUT2D eigenvalue weighted by atomic mass is 32.2. The van der Waals surface area contributed by atoms with Crippen molar-refractivity contribution < 1.29 is 17.2 Å². The van der Waals surface area contributed by atoms with E-state index in [-0.39, 0.29) is 12.1 Å². The number of rotatable bonds is 2. The van der Waals surface area contributed by atoms with Crippen LogP contribution < -0.4 is 5.32 Å². The first-order chi connectivity index (χ1) is 10.00. The quantitative estimate of drug-likeness (QED) is 0.896. The van der Waals surface area contributed by atoms with Crippen LogP contribution in [0.3, 0.4) is 0 Å². The third kappa shape index (κ3) is 1.80. The molecular formula is C14H16F2N2O2S. The molecule has 114 valence electrons. The van der Waals surface area contributed by atoms with Gasteiger partial charge in [0.15, 0.2) is 0 Å². The van der Waals surface area contributed by atoms with Crippen molar-refractivity contribution in [3.05, 3.63) is 29.8 Å². The smallest absolute Gasteiger partial charge is 0.246 e. The molecule has 4 rings (SSSR count). The molecule has 1 aromatic carbocycles. The molecule has 1 aromatic rings. The Kier molecular flexibility index (Phi) is 2.90. The van der Waals surface area contributed by atoms with E-state index in [0.717, 1.165) is 38.1 Å². The number of sulfonamides is 1. The minimum atomic E-state index is -3.90. The maximum absolute atomic E-state index is 13.9. The van der Waals surface area contributed by atoms with Gasteiger partial charge in [-0.15, -0.1) is 0 Å². The predicted molar refractivity (Wildman–Crippen MR) is 72.0 cm³/mol. The lowest BCUT2D eigenvalue weighted by Crippen LogP contribution is -2.39. The second kappa shape index (κ2) is 4.47. The number of nitrogens with one attached hydrogen (secondary N) is 1. The largest absolute Gasteiger partial charge is 0.316 e. The topological polar surface area (TPSA) is 49.4 Å². The predicted octanol–water partition coefficient (Wildman–Crippen LogP) is 1.34. The van der Waals surface area contributed by atoms with Crippen LogP contribution in [0, 0.1) is 23.5 Å². The van der Waals surface area contributed by atoms with Crippen LogP contribution in [0.5, 0.6) is 0 Å². The second-order valence-corrected chi connectivity index (χ2v) is 7.92. The molecule has 3 saturated heterocycles. The van der Waals surface area contributed by atoms with Gasteiger partial charge in [0, 0.05) is 18.2 Å². The van der Waals surface area contributed by atoms with Crippen molar-refractivity contribution in [2.24, 2.45) is 11.8 Å². The third-order valence-corrected chi connectivity index (χ3v) is 7.14. The van der Waals surface area contributed by atoms with Crippen LogP contribution in [0.1, 0.15) is 12.8 Å². The van der Waals surface area contributed by atoms with Crippen molar-refractivity contribution in [2.75, 3.05) is 13.1 Å². The molecule has 0 radical (unpaired) electrons. The number of halogens is 2. The molecule has 4 nitrogen and oxygen atoms in total. The van der Waals surface area contributed by atoms with Crippen molar-refractivity contribution in [2.45, 2.75) is 29.8 Å². The first-order valence-electron chi connectivity index (χ1n) is 7.19. The Hall–Kier alpha value is -1.05. The Bertz CT molecular complexity index is 676. The Balaban J connectivity index is 1.76. The van der Waals surface area contributed by atoms with Gasteiger partial charge in [0.2, 0.25) is 10.0 Å². The van der Waals surface area contributed by atoms with E-state index >= 15 is 0 Å². The zero-order chi connectivity index (χ0) is 14.8. The molecule has 3 heterocycles. The Morgan fingerprint density at radius 1 is 1.10 bits per heavy atom. The first-order valence-corrected chi connectivity index (χ1v) is 8.63. The third-order valence-electron chi connectivity index (χ3n) is 5.16. The van der Waals surface area contributed by atoms with Gasteiger partial charge in [0.1, 0.15) is 16.5 Å². The van der Waals surface area contributed by atoms with Crippen LogP contribution >= 0.6 is 0 Å². The first kappa shape index (κ1) is 13.6. The lowest BCUT2D eigenvalue weighted by molar-refractivity contribution is 0.354. The number of benzene rings is 1. The van der Waals surface area contributed by atoms with Gasteiger partial charge in [-0.25, -0.2) is 17.2 Å². The lowest BCUT2D eigenvalue weighted by Gasteiger charge is -2.24. The number of hydrogen-bond acceptors (Lipinski definition) is 3. The highest BCUT2D eigenvalue weighted by molar-refractivity contribution is 7.89. The van der Waals surface area contributed by atoms with Crippen LogP contribution in [-0.2, 0) is 10.0 Å². The van der Waals surface area contributed by atoms with Crippen LogP contribution in [0.15, 0.2) is 23.1 Å². The standard InChI is InChI=1S/C14H16F2N2O2S/c15-8-1-4-14(11(16)5-8)21(19,20)18-12-2-3-13(18)10-7-17-6-9(10)12/h1,4-5,9-10,12-13,17H,2-3,6-7H2/t9-,10+,12-,13+. The molecule has 2 bridgehead atoms. The van der Waals surface area contributed by atoms with Gasteiger partial charge in [-0.2, -0.15) is 4.31 Å². The molecule has 3 aliphatic heterocycles. The molecule has 0 unspecified atom stereocenters. The summed E-state index contributed by atoms with van der Waals surface area (Å²) in [5, 5.41) is 3.31. The SMILES string of the molecule is O=S(=O)(c1ccc(F)cc1F)N1[C@@H]2CC[C@H]1[C@H]1CNC[C@H]12. The zero-order valence-corrected chi connectivity index (χ0v) is 12.1. The van der Waals surface area contributed by atoms with Gasteiger partial charge in [-0.1, -0.05) is 0 Å². The number of hydrogen-bond donors (Lipinski definition) is 1. The van der Waals surface area contributed by atoms with Gasteiger partial charge in [0.05, 0.1) is 0 Å². The van der Waals surface area contributed by atoms with Gasteiger partial charge in [-0.05, 0) is 49.9 Å². The van der Waals surface area contributed by atoms with E-state index < -0.39 is 26.6 Å². The molecule has 21 heavy (non-hydrogen) atoms. The van der Waals surface area contributed by atoms with Crippen molar-refractivity contribution in [1.29, 1.82) is 0 Å².